The molecule has 0 spiro atoms. The van der Waals surface area contributed by atoms with Gasteiger partial charge in [0.25, 0.3) is 0 Å². The quantitative estimate of drug-likeness (QED) is 0.685. The fourth-order valence-corrected chi connectivity index (χ4v) is 1.38. The SMILES string of the molecule is CC(C)c1cc2c[nH]c(=O)cc2[nH]1. The van der Waals surface area contributed by atoms with E-state index in [4.69, 9.17) is 0 Å². The van der Waals surface area contributed by atoms with E-state index >= 15 is 0 Å². The number of hydrogen-bond donors (Lipinski definition) is 2. The number of H-pyrrole nitrogens is 2. The maximum Gasteiger partial charge on any atom is 0.250 e. The first kappa shape index (κ1) is 8.10. The van der Waals surface area contributed by atoms with Gasteiger partial charge < -0.3 is 9.97 Å². The molecule has 0 aliphatic rings. The van der Waals surface area contributed by atoms with Gasteiger partial charge in [0.15, 0.2) is 0 Å². The van der Waals surface area contributed by atoms with Crippen molar-refractivity contribution in [1.82, 2.24) is 9.97 Å². The lowest BCUT2D eigenvalue weighted by Gasteiger charge is -1.97. The topological polar surface area (TPSA) is 48.6 Å². The molecule has 3 nitrogen and oxygen atoms in total. The zero-order chi connectivity index (χ0) is 9.42. The predicted octanol–water partition coefficient (Wildman–Crippen LogP) is 1.98. The first-order valence-corrected chi connectivity index (χ1v) is 4.38. The Labute approximate surface area is 75.8 Å². The third-order valence-electron chi connectivity index (χ3n) is 2.17. The normalized spacial score (nSPS) is 11.3. The second kappa shape index (κ2) is 2.76. The standard InChI is InChI=1S/C10H12N2O/c1-6(2)8-3-7-5-11-10(13)4-9(7)12-8/h3-6,12H,1-2H3,(H,11,13). The van der Waals surface area contributed by atoms with Gasteiger partial charge in [-0.05, 0) is 12.0 Å². The molecule has 0 saturated heterocycles. The Morgan fingerprint density at radius 1 is 1.31 bits per heavy atom. The minimum atomic E-state index is -0.0651. The van der Waals surface area contributed by atoms with E-state index in [1.165, 1.54) is 0 Å². The maximum absolute atomic E-state index is 11.0. The van der Waals surface area contributed by atoms with Crippen LogP contribution in [0.1, 0.15) is 25.5 Å². The highest BCUT2D eigenvalue weighted by Crippen LogP contribution is 2.18. The van der Waals surface area contributed by atoms with Gasteiger partial charge in [0.2, 0.25) is 5.56 Å². The lowest BCUT2D eigenvalue weighted by molar-refractivity contribution is 0.836. The van der Waals surface area contributed by atoms with Gasteiger partial charge in [-0.15, -0.1) is 0 Å². The summed E-state index contributed by atoms with van der Waals surface area (Å²) in [6.45, 7) is 4.24. The number of hydrogen-bond acceptors (Lipinski definition) is 1. The number of pyridine rings is 1. The molecule has 3 heteroatoms. The zero-order valence-electron chi connectivity index (χ0n) is 7.72. The fraction of sp³-hybridized carbons (Fsp3) is 0.300. The second-order valence-corrected chi connectivity index (χ2v) is 3.55. The van der Waals surface area contributed by atoms with Gasteiger partial charge in [-0.2, -0.15) is 0 Å². The molecule has 0 unspecified atom stereocenters. The van der Waals surface area contributed by atoms with Crippen molar-refractivity contribution < 1.29 is 0 Å². The number of rotatable bonds is 1. The van der Waals surface area contributed by atoms with Crippen LogP contribution in [0.25, 0.3) is 10.9 Å². The molecule has 2 aromatic rings. The molecule has 0 aliphatic carbocycles. The number of aromatic amines is 2. The Morgan fingerprint density at radius 2 is 2.08 bits per heavy atom. The maximum atomic E-state index is 11.0. The smallest absolute Gasteiger partial charge is 0.250 e. The number of fused-ring (bicyclic) bond motifs is 1. The molecule has 2 rings (SSSR count). The Kier molecular flexibility index (Phi) is 1.72. The summed E-state index contributed by atoms with van der Waals surface area (Å²) in [5, 5.41) is 1.06. The van der Waals surface area contributed by atoms with E-state index in [0.29, 0.717) is 5.92 Å². The van der Waals surface area contributed by atoms with Crippen LogP contribution in [0.4, 0.5) is 0 Å². The molecule has 0 aliphatic heterocycles. The van der Waals surface area contributed by atoms with Gasteiger partial charge in [-0.25, -0.2) is 0 Å². The monoisotopic (exact) mass is 176 g/mol. The van der Waals surface area contributed by atoms with Crippen molar-refractivity contribution in [2.24, 2.45) is 0 Å². The highest BCUT2D eigenvalue weighted by Gasteiger charge is 2.03. The van der Waals surface area contributed by atoms with Crippen LogP contribution < -0.4 is 5.56 Å². The van der Waals surface area contributed by atoms with Crippen LogP contribution in [-0.4, -0.2) is 9.97 Å². The highest BCUT2D eigenvalue weighted by atomic mass is 16.1. The van der Waals surface area contributed by atoms with Crippen molar-refractivity contribution in [2.75, 3.05) is 0 Å². The van der Waals surface area contributed by atoms with Crippen molar-refractivity contribution in [3.63, 3.8) is 0 Å². The van der Waals surface area contributed by atoms with E-state index in [0.717, 1.165) is 16.6 Å². The molecule has 0 bridgehead atoms. The van der Waals surface area contributed by atoms with Gasteiger partial charge >= 0.3 is 0 Å². The summed E-state index contributed by atoms with van der Waals surface area (Å²) in [5.74, 6) is 0.461. The number of nitrogens with one attached hydrogen (secondary N) is 2. The third kappa shape index (κ3) is 1.37. The molecular weight excluding hydrogens is 164 g/mol. The lowest BCUT2D eigenvalue weighted by atomic mass is 10.1. The van der Waals surface area contributed by atoms with E-state index in [9.17, 15) is 4.79 Å². The third-order valence-corrected chi connectivity index (χ3v) is 2.17. The van der Waals surface area contributed by atoms with Crippen LogP contribution in [0.2, 0.25) is 0 Å². The molecule has 0 atom stereocenters. The molecular formula is C10H12N2O. The minimum Gasteiger partial charge on any atom is -0.358 e. The molecule has 2 N–H and O–H groups in total. The summed E-state index contributed by atoms with van der Waals surface area (Å²) in [6.07, 6.45) is 1.74. The molecule has 0 amide bonds. The summed E-state index contributed by atoms with van der Waals surface area (Å²) < 4.78 is 0. The number of aromatic nitrogens is 2. The lowest BCUT2D eigenvalue weighted by Crippen LogP contribution is -2.00. The van der Waals surface area contributed by atoms with Crippen LogP contribution in [0.5, 0.6) is 0 Å². The Morgan fingerprint density at radius 3 is 2.77 bits per heavy atom. The highest BCUT2D eigenvalue weighted by molar-refractivity contribution is 5.79. The van der Waals surface area contributed by atoms with Crippen molar-refractivity contribution in [2.45, 2.75) is 19.8 Å². The van der Waals surface area contributed by atoms with Gasteiger partial charge in [-0.3, -0.25) is 4.79 Å². The van der Waals surface area contributed by atoms with Crippen molar-refractivity contribution >= 4 is 10.9 Å². The van der Waals surface area contributed by atoms with Crippen LogP contribution >= 0.6 is 0 Å². The van der Waals surface area contributed by atoms with E-state index in [1.54, 1.807) is 12.3 Å². The van der Waals surface area contributed by atoms with Crippen LogP contribution in [0.3, 0.4) is 0 Å². The van der Waals surface area contributed by atoms with Crippen molar-refractivity contribution in [3.8, 4) is 0 Å². The second-order valence-electron chi connectivity index (χ2n) is 3.55. The molecule has 0 fully saturated rings. The summed E-state index contributed by atoms with van der Waals surface area (Å²) in [5.41, 5.74) is 2.01. The molecule has 0 aromatic carbocycles. The molecule has 13 heavy (non-hydrogen) atoms. The molecule has 0 radical (unpaired) electrons. The summed E-state index contributed by atoms with van der Waals surface area (Å²) >= 11 is 0. The Bertz CT molecular complexity index is 479. The molecule has 0 saturated carbocycles. The molecule has 2 aromatic heterocycles. The predicted molar refractivity (Wildman–Crippen MR) is 53.0 cm³/mol. The first-order chi connectivity index (χ1) is 6.16. The first-order valence-electron chi connectivity index (χ1n) is 4.38. The average Bonchev–Trinajstić information content (AvgIpc) is 2.46. The molecule has 2 heterocycles. The van der Waals surface area contributed by atoms with Crippen LogP contribution in [-0.2, 0) is 0 Å². The van der Waals surface area contributed by atoms with Crippen molar-refractivity contribution in [1.29, 1.82) is 0 Å². The van der Waals surface area contributed by atoms with Crippen LogP contribution in [0.15, 0.2) is 23.1 Å². The van der Waals surface area contributed by atoms with E-state index in [1.807, 2.05) is 0 Å². The fourth-order valence-electron chi connectivity index (χ4n) is 1.38. The Hall–Kier alpha value is -1.51. The van der Waals surface area contributed by atoms with E-state index in [2.05, 4.69) is 29.9 Å². The van der Waals surface area contributed by atoms with Crippen LogP contribution in [0, 0.1) is 0 Å². The average molecular weight is 176 g/mol. The molecule has 68 valence electrons. The van der Waals surface area contributed by atoms with Gasteiger partial charge in [-0.1, -0.05) is 13.8 Å². The summed E-state index contributed by atoms with van der Waals surface area (Å²) in [7, 11) is 0. The Balaban J connectivity index is 2.69. The van der Waals surface area contributed by atoms with Gasteiger partial charge in [0, 0.05) is 23.3 Å². The van der Waals surface area contributed by atoms with Gasteiger partial charge in [0.05, 0.1) is 5.52 Å². The van der Waals surface area contributed by atoms with Crippen molar-refractivity contribution in [3.05, 3.63) is 34.4 Å². The summed E-state index contributed by atoms with van der Waals surface area (Å²) in [6, 6.07) is 3.65. The largest absolute Gasteiger partial charge is 0.358 e. The summed E-state index contributed by atoms with van der Waals surface area (Å²) in [4.78, 5) is 16.9. The van der Waals surface area contributed by atoms with Gasteiger partial charge in [0.1, 0.15) is 0 Å². The zero-order valence-corrected chi connectivity index (χ0v) is 7.72. The van der Waals surface area contributed by atoms with E-state index < -0.39 is 0 Å². The van der Waals surface area contributed by atoms with E-state index in [-0.39, 0.29) is 5.56 Å². The minimum absolute atomic E-state index is 0.0651.